The average Bonchev–Trinajstić information content (AvgIpc) is 3.00. The summed E-state index contributed by atoms with van der Waals surface area (Å²) in [4.78, 5) is 4.18. The molecule has 102 valence electrons. The first-order valence-electron chi connectivity index (χ1n) is 7.10. The SMILES string of the molecule is CCc1cnc(CNCC(O)CC2CCCC2)o1. The molecule has 0 spiro atoms. The predicted octanol–water partition coefficient (Wildman–Crippen LogP) is 2.27. The summed E-state index contributed by atoms with van der Waals surface area (Å²) < 4.78 is 5.49. The summed E-state index contributed by atoms with van der Waals surface area (Å²) in [6.07, 6.45) is 8.57. The van der Waals surface area contributed by atoms with Gasteiger partial charge in [-0.1, -0.05) is 32.6 Å². The normalized spacial score (nSPS) is 18.3. The van der Waals surface area contributed by atoms with Crippen LogP contribution in [0.4, 0.5) is 0 Å². The maximum atomic E-state index is 9.93. The summed E-state index contributed by atoms with van der Waals surface area (Å²) in [7, 11) is 0. The lowest BCUT2D eigenvalue weighted by Crippen LogP contribution is -2.28. The van der Waals surface area contributed by atoms with Gasteiger partial charge in [0.25, 0.3) is 0 Å². The molecule has 0 aromatic carbocycles. The Balaban J connectivity index is 1.61. The lowest BCUT2D eigenvalue weighted by atomic mass is 10.0. The molecule has 0 aliphatic heterocycles. The number of nitrogens with zero attached hydrogens (tertiary/aromatic N) is 1. The molecule has 1 heterocycles. The van der Waals surface area contributed by atoms with Gasteiger partial charge in [0.15, 0.2) is 0 Å². The zero-order chi connectivity index (χ0) is 12.8. The number of aliphatic hydroxyl groups excluding tert-OH is 1. The van der Waals surface area contributed by atoms with E-state index in [1.807, 2.05) is 6.92 Å². The van der Waals surface area contributed by atoms with E-state index < -0.39 is 0 Å². The van der Waals surface area contributed by atoms with Gasteiger partial charge in [-0.05, 0) is 12.3 Å². The van der Waals surface area contributed by atoms with E-state index in [4.69, 9.17) is 4.42 Å². The van der Waals surface area contributed by atoms with Gasteiger partial charge in [0, 0.05) is 13.0 Å². The third-order valence-electron chi connectivity index (χ3n) is 3.69. The molecule has 1 aliphatic carbocycles. The first-order chi connectivity index (χ1) is 8.78. The number of nitrogens with one attached hydrogen (secondary N) is 1. The van der Waals surface area contributed by atoms with Crippen molar-refractivity contribution in [2.24, 2.45) is 5.92 Å². The van der Waals surface area contributed by atoms with Gasteiger partial charge in [-0.25, -0.2) is 4.98 Å². The highest BCUT2D eigenvalue weighted by Crippen LogP contribution is 2.28. The van der Waals surface area contributed by atoms with Crippen LogP contribution in [0.25, 0.3) is 0 Å². The predicted molar refractivity (Wildman–Crippen MR) is 70.2 cm³/mol. The van der Waals surface area contributed by atoms with Crippen molar-refractivity contribution in [3.05, 3.63) is 17.8 Å². The van der Waals surface area contributed by atoms with Crippen molar-refractivity contribution in [2.75, 3.05) is 6.54 Å². The van der Waals surface area contributed by atoms with Crippen LogP contribution in [0.2, 0.25) is 0 Å². The molecule has 1 saturated carbocycles. The first kappa shape index (κ1) is 13.6. The Hall–Kier alpha value is -0.870. The molecule has 0 bridgehead atoms. The maximum Gasteiger partial charge on any atom is 0.208 e. The van der Waals surface area contributed by atoms with Crippen molar-refractivity contribution in [3.63, 3.8) is 0 Å². The standard InChI is InChI=1S/C14H24N2O2/c1-2-13-9-16-14(18-13)10-15-8-12(17)7-11-5-3-4-6-11/h9,11-12,15,17H,2-8,10H2,1H3. The van der Waals surface area contributed by atoms with Gasteiger partial charge in [-0.2, -0.15) is 0 Å². The quantitative estimate of drug-likeness (QED) is 0.781. The summed E-state index contributed by atoms with van der Waals surface area (Å²) in [6, 6.07) is 0. The lowest BCUT2D eigenvalue weighted by molar-refractivity contribution is 0.139. The van der Waals surface area contributed by atoms with Gasteiger partial charge in [0.2, 0.25) is 5.89 Å². The summed E-state index contributed by atoms with van der Waals surface area (Å²) in [6.45, 7) is 3.27. The van der Waals surface area contributed by atoms with E-state index in [9.17, 15) is 5.11 Å². The van der Waals surface area contributed by atoms with E-state index in [1.165, 1.54) is 25.7 Å². The second-order valence-electron chi connectivity index (χ2n) is 5.24. The van der Waals surface area contributed by atoms with Crippen molar-refractivity contribution >= 4 is 0 Å². The van der Waals surface area contributed by atoms with Gasteiger partial charge in [-0.15, -0.1) is 0 Å². The number of aliphatic hydroxyl groups is 1. The van der Waals surface area contributed by atoms with Gasteiger partial charge in [0.1, 0.15) is 5.76 Å². The Kier molecular flexibility index (Phi) is 5.20. The molecule has 0 amide bonds. The van der Waals surface area contributed by atoms with E-state index >= 15 is 0 Å². The molecule has 2 rings (SSSR count). The highest BCUT2D eigenvalue weighted by Gasteiger charge is 2.18. The van der Waals surface area contributed by atoms with Crippen molar-refractivity contribution in [2.45, 2.75) is 58.1 Å². The lowest BCUT2D eigenvalue weighted by Gasteiger charge is -2.15. The van der Waals surface area contributed by atoms with Crippen LogP contribution in [0.5, 0.6) is 0 Å². The molecule has 1 fully saturated rings. The largest absolute Gasteiger partial charge is 0.444 e. The van der Waals surface area contributed by atoms with Gasteiger partial charge in [0.05, 0.1) is 18.8 Å². The summed E-state index contributed by atoms with van der Waals surface area (Å²) >= 11 is 0. The Morgan fingerprint density at radius 1 is 1.50 bits per heavy atom. The molecule has 1 aliphatic rings. The summed E-state index contributed by atoms with van der Waals surface area (Å²) in [5, 5.41) is 13.1. The van der Waals surface area contributed by atoms with Gasteiger partial charge < -0.3 is 14.8 Å². The Morgan fingerprint density at radius 3 is 2.94 bits per heavy atom. The number of aromatic nitrogens is 1. The molecule has 1 aromatic heterocycles. The first-order valence-corrected chi connectivity index (χ1v) is 7.10. The zero-order valence-electron chi connectivity index (χ0n) is 11.2. The Bertz CT molecular complexity index is 345. The van der Waals surface area contributed by atoms with E-state index in [-0.39, 0.29) is 6.10 Å². The average molecular weight is 252 g/mol. The van der Waals surface area contributed by atoms with Crippen molar-refractivity contribution in [3.8, 4) is 0 Å². The van der Waals surface area contributed by atoms with Crippen LogP contribution in [0, 0.1) is 5.92 Å². The minimum Gasteiger partial charge on any atom is -0.444 e. The molecule has 0 radical (unpaired) electrons. The highest BCUT2D eigenvalue weighted by molar-refractivity contribution is 4.93. The third-order valence-corrected chi connectivity index (χ3v) is 3.69. The van der Waals surface area contributed by atoms with E-state index in [2.05, 4.69) is 10.3 Å². The molecule has 0 saturated heterocycles. The molecule has 1 aromatic rings. The van der Waals surface area contributed by atoms with Crippen LogP contribution in [0.1, 0.15) is 50.7 Å². The molecule has 1 unspecified atom stereocenters. The number of hydrogen-bond donors (Lipinski definition) is 2. The van der Waals surface area contributed by atoms with Crippen LogP contribution in [0.3, 0.4) is 0 Å². The fourth-order valence-electron chi connectivity index (χ4n) is 2.65. The number of aryl methyl sites for hydroxylation is 1. The molecule has 2 N–H and O–H groups in total. The van der Waals surface area contributed by atoms with Crippen LogP contribution < -0.4 is 5.32 Å². The van der Waals surface area contributed by atoms with E-state index in [1.54, 1.807) is 6.20 Å². The van der Waals surface area contributed by atoms with Gasteiger partial charge >= 0.3 is 0 Å². The van der Waals surface area contributed by atoms with Gasteiger partial charge in [-0.3, -0.25) is 0 Å². The number of hydrogen-bond acceptors (Lipinski definition) is 4. The maximum absolute atomic E-state index is 9.93. The Labute approximate surface area is 109 Å². The zero-order valence-corrected chi connectivity index (χ0v) is 11.2. The number of oxazole rings is 1. The van der Waals surface area contributed by atoms with Crippen LogP contribution >= 0.6 is 0 Å². The van der Waals surface area contributed by atoms with Crippen LogP contribution in [0.15, 0.2) is 10.6 Å². The fraction of sp³-hybridized carbons (Fsp3) is 0.786. The molecular weight excluding hydrogens is 228 g/mol. The van der Waals surface area contributed by atoms with Crippen LogP contribution in [-0.2, 0) is 13.0 Å². The van der Waals surface area contributed by atoms with Crippen molar-refractivity contribution in [1.82, 2.24) is 10.3 Å². The topological polar surface area (TPSA) is 58.3 Å². The minimum absolute atomic E-state index is 0.242. The van der Waals surface area contributed by atoms with Crippen molar-refractivity contribution < 1.29 is 9.52 Å². The van der Waals surface area contributed by atoms with E-state index in [0.29, 0.717) is 19.0 Å². The van der Waals surface area contributed by atoms with Crippen LogP contribution in [-0.4, -0.2) is 22.7 Å². The minimum atomic E-state index is -0.242. The molecule has 18 heavy (non-hydrogen) atoms. The second kappa shape index (κ2) is 6.90. The molecular formula is C14H24N2O2. The number of rotatable bonds is 7. The second-order valence-corrected chi connectivity index (χ2v) is 5.24. The Morgan fingerprint density at radius 2 is 2.28 bits per heavy atom. The smallest absolute Gasteiger partial charge is 0.208 e. The molecule has 4 heteroatoms. The highest BCUT2D eigenvalue weighted by atomic mass is 16.4. The van der Waals surface area contributed by atoms with E-state index in [0.717, 1.165) is 24.5 Å². The summed E-state index contributed by atoms with van der Waals surface area (Å²) in [5.74, 6) is 2.36. The molecule has 4 nitrogen and oxygen atoms in total. The third kappa shape index (κ3) is 4.10. The monoisotopic (exact) mass is 252 g/mol. The van der Waals surface area contributed by atoms with Crippen molar-refractivity contribution in [1.29, 1.82) is 0 Å². The summed E-state index contributed by atoms with van der Waals surface area (Å²) in [5.41, 5.74) is 0. The fourth-order valence-corrected chi connectivity index (χ4v) is 2.65. The molecule has 1 atom stereocenters.